The highest BCUT2D eigenvalue weighted by molar-refractivity contribution is 6.00. The Morgan fingerprint density at radius 3 is 2.74 bits per heavy atom. The van der Waals surface area contributed by atoms with Crippen LogP contribution in [0.5, 0.6) is 0 Å². The molecule has 0 aliphatic carbocycles. The third-order valence-electron chi connectivity index (χ3n) is 4.47. The molecule has 1 aliphatic rings. The molecule has 132 valence electrons. The Balaban J connectivity index is 1.52. The minimum absolute atomic E-state index is 0.582. The zero-order chi connectivity index (χ0) is 18.1. The molecule has 0 saturated carbocycles. The van der Waals surface area contributed by atoms with Crippen molar-refractivity contribution in [3.8, 4) is 28.7 Å². The molecule has 2 aromatic heterocycles. The van der Waals surface area contributed by atoms with Crippen LogP contribution in [-0.2, 0) is 0 Å². The van der Waals surface area contributed by atoms with Crippen LogP contribution in [0, 0.1) is 0 Å². The Morgan fingerprint density at radius 1 is 1.00 bits per heavy atom. The first kappa shape index (κ1) is 15.6. The van der Waals surface area contributed by atoms with E-state index in [0.29, 0.717) is 11.6 Å². The number of hydrogen-bond acceptors (Lipinski definition) is 5. The van der Waals surface area contributed by atoms with E-state index in [1.807, 2.05) is 53.2 Å². The molecule has 3 heterocycles. The maximum atomic E-state index is 5.68. The minimum atomic E-state index is 0.582. The van der Waals surface area contributed by atoms with Crippen molar-refractivity contribution in [1.82, 2.24) is 19.9 Å². The lowest BCUT2D eigenvalue weighted by Crippen LogP contribution is -2.19. The summed E-state index contributed by atoms with van der Waals surface area (Å²) in [6.07, 6.45) is 5.34. The van der Waals surface area contributed by atoms with Crippen molar-refractivity contribution >= 4 is 5.84 Å². The summed E-state index contributed by atoms with van der Waals surface area (Å²) in [5, 5.41) is 3.31. The molecule has 1 aliphatic heterocycles. The lowest BCUT2D eigenvalue weighted by atomic mass is 10.2. The number of aromatic nitrogens is 3. The first-order chi connectivity index (χ1) is 13.4. The summed E-state index contributed by atoms with van der Waals surface area (Å²) in [7, 11) is 0. The van der Waals surface area contributed by atoms with E-state index in [1.54, 1.807) is 12.5 Å². The zero-order valence-corrected chi connectivity index (χ0v) is 14.5. The van der Waals surface area contributed by atoms with Crippen molar-refractivity contribution < 1.29 is 4.42 Å². The van der Waals surface area contributed by atoms with Gasteiger partial charge in [0.25, 0.3) is 0 Å². The molecule has 1 N–H and O–H groups in total. The van der Waals surface area contributed by atoms with Gasteiger partial charge in [0.1, 0.15) is 17.8 Å². The van der Waals surface area contributed by atoms with Gasteiger partial charge in [-0.2, -0.15) is 0 Å². The average Bonchev–Trinajstić information content (AvgIpc) is 3.50. The second-order valence-electron chi connectivity index (χ2n) is 6.23. The number of aliphatic imine (C=N–C) groups is 1. The number of oxazole rings is 1. The standard InChI is InChI=1S/C21H17N5O/c1-2-5-15(6-3-1)21-25-18(14-27-21)20-24-11-12-26(20)17-8-4-7-16(13-17)19-22-9-10-23-19/h1-8,11-14H,9-10H2,(H,22,23). The van der Waals surface area contributed by atoms with Crippen LogP contribution in [0.2, 0.25) is 0 Å². The van der Waals surface area contributed by atoms with E-state index in [4.69, 9.17) is 4.42 Å². The Hall–Kier alpha value is -3.67. The SMILES string of the molecule is c1ccc(-c2nc(-c3nccn3-c3cccc(C4=NCCN4)c3)co2)cc1. The van der Waals surface area contributed by atoms with Crippen molar-refractivity contribution in [3.63, 3.8) is 0 Å². The van der Waals surface area contributed by atoms with Crippen molar-refractivity contribution in [3.05, 3.63) is 78.8 Å². The smallest absolute Gasteiger partial charge is 0.226 e. The molecular formula is C21H17N5O. The summed E-state index contributed by atoms with van der Waals surface area (Å²) in [6, 6.07) is 18.1. The average molecular weight is 355 g/mol. The highest BCUT2D eigenvalue weighted by Gasteiger charge is 2.15. The van der Waals surface area contributed by atoms with Gasteiger partial charge in [-0.05, 0) is 24.3 Å². The monoisotopic (exact) mass is 355 g/mol. The van der Waals surface area contributed by atoms with Gasteiger partial charge < -0.3 is 9.73 Å². The van der Waals surface area contributed by atoms with E-state index in [0.717, 1.165) is 41.6 Å². The van der Waals surface area contributed by atoms with E-state index in [9.17, 15) is 0 Å². The van der Waals surface area contributed by atoms with Crippen LogP contribution < -0.4 is 5.32 Å². The highest BCUT2D eigenvalue weighted by Crippen LogP contribution is 2.25. The maximum Gasteiger partial charge on any atom is 0.226 e. The van der Waals surface area contributed by atoms with E-state index in [-0.39, 0.29) is 0 Å². The second kappa shape index (κ2) is 6.57. The molecule has 2 aromatic carbocycles. The summed E-state index contributed by atoms with van der Waals surface area (Å²) >= 11 is 0. The van der Waals surface area contributed by atoms with E-state index < -0.39 is 0 Å². The first-order valence-corrected chi connectivity index (χ1v) is 8.82. The summed E-state index contributed by atoms with van der Waals surface area (Å²) in [5.41, 5.74) is 3.70. The molecule has 5 rings (SSSR count). The van der Waals surface area contributed by atoms with Gasteiger partial charge in [-0.15, -0.1) is 0 Å². The molecular weight excluding hydrogens is 338 g/mol. The number of nitrogens with one attached hydrogen (secondary N) is 1. The van der Waals surface area contributed by atoms with Crippen molar-refractivity contribution in [1.29, 1.82) is 0 Å². The van der Waals surface area contributed by atoms with Crippen LogP contribution >= 0.6 is 0 Å². The quantitative estimate of drug-likeness (QED) is 0.608. The van der Waals surface area contributed by atoms with Crippen molar-refractivity contribution in [2.24, 2.45) is 4.99 Å². The van der Waals surface area contributed by atoms with Gasteiger partial charge >= 0.3 is 0 Å². The fraction of sp³-hybridized carbons (Fsp3) is 0.0952. The largest absolute Gasteiger partial charge is 0.444 e. The summed E-state index contributed by atoms with van der Waals surface area (Å²) in [4.78, 5) is 13.6. The van der Waals surface area contributed by atoms with Gasteiger partial charge in [-0.1, -0.05) is 30.3 Å². The highest BCUT2D eigenvalue weighted by atomic mass is 16.3. The third kappa shape index (κ3) is 2.91. The van der Waals surface area contributed by atoms with Gasteiger partial charge in [0.05, 0.1) is 6.54 Å². The van der Waals surface area contributed by atoms with Crippen LogP contribution in [0.3, 0.4) is 0 Å². The lowest BCUT2D eigenvalue weighted by Gasteiger charge is -2.09. The fourth-order valence-corrected chi connectivity index (χ4v) is 3.19. The third-order valence-corrected chi connectivity index (χ3v) is 4.47. The Morgan fingerprint density at radius 2 is 1.89 bits per heavy atom. The zero-order valence-electron chi connectivity index (χ0n) is 14.5. The molecule has 0 radical (unpaired) electrons. The van der Waals surface area contributed by atoms with Gasteiger partial charge in [-0.3, -0.25) is 9.56 Å². The van der Waals surface area contributed by atoms with Gasteiger partial charge in [-0.25, -0.2) is 9.97 Å². The first-order valence-electron chi connectivity index (χ1n) is 8.82. The number of rotatable bonds is 4. The number of nitrogens with zero attached hydrogens (tertiary/aromatic N) is 4. The van der Waals surface area contributed by atoms with E-state index >= 15 is 0 Å². The molecule has 6 heteroatoms. The van der Waals surface area contributed by atoms with Crippen LogP contribution in [0.1, 0.15) is 5.56 Å². The lowest BCUT2D eigenvalue weighted by molar-refractivity contribution is 0.575. The molecule has 0 saturated heterocycles. The van der Waals surface area contributed by atoms with Crippen LogP contribution in [0.25, 0.3) is 28.7 Å². The molecule has 6 nitrogen and oxygen atoms in total. The summed E-state index contributed by atoms with van der Waals surface area (Å²) < 4.78 is 7.68. The number of imidazole rings is 1. The molecule has 0 spiro atoms. The van der Waals surface area contributed by atoms with Crippen molar-refractivity contribution in [2.75, 3.05) is 13.1 Å². The molecule has 0 atom stereocenters. The van der Waals surface area contributed by atoms with Crippen molar-refractivity contribution in [2.45, 2.75) is 0 Å². The Bertz CT molecular complexity index is 1110. The normalized spacial score (nSPS) is 13.4. The van der Waals surface area contributed by atoms with Crippen LogP contribution in [-0.4, -0.2) is 33.5 Å². The van der Waals surface area contributed by atoms with Crippen LogP contribution in [0.4, 0.5) is 0 Å². The Kier molecular flexibility index (Phi) is 3.79. The van der Waals surface area contributed by atoms with Gasteiger partial charge in [0.15, 0.2) is 5.82 Å². The molecule has 0 unspecified atom stereocenters. The fourth-order valence-electron chi connectivity index (χ4n) is 3.19. The summed E-state index contributed by atoms with van der Waals surface area (Å²) in [6.45, 7) is 1.70. The number of amidine groups is 1. The van der Waals surface area contributed by atoms with Gasteiger partial charge in [0, 0.05) is 35.8 Å². The topological polar surface area (TPSA) is 68.2 Å². The molecule has 0 fully saturated rings. The molecule has 0 amide bonds. The number of hydrogen-bond donors (Lipinski definition) is 1. The molecule has 4 aromatic rings. The van der Waals surface area contributed by atoms with Gasteiger partial charge in [0.2, 0.25) is 5.89 Å². The second-order valence-corrected chi connectivity index (χ2v) is 6.23. The van der Waals surface area contributed by atoms with Crippen LogP contribution in [0.15, 0.2) is 82.7 Å². The van der Waals surface area contributed by atoms with E-state index in [1.165, 1.54) is 0 Å². The number of benzene rings is 2. The summed E-state index contributed by atoms with van der Waals surface area (Å²) in [5.74, 6) is 2.25. The molecule has 27 heavy (non-hydrogen) atoms. The minimum Gasteiger partial charge on any atom is -0.444 e. The molecule has 0 bridgehead atoms. The maximum absolute atomic E-state index is 5.68. The Labute approximate surface area is 156 Å². The predicted octanol–water partition coefficient (Wildman–Crippen LogP) is 3.54. The van der Waals surface area contributed by atoms with E-state index in [2.05, 4.69) is 32.4 Å². The predicted molar refractivity (Wildman–Crippen MR) is 104 cm³/mol.